The number of hydrogen-bond acceptors (Lipinski definition) is 4. The van der Waals surface area contributed by atoms with E-state index in [2.05, 4.69) is 18.3 Å². The second-order valence-corrected chi connectivity index (χ2v) is 8.91. The molecule has 0 aliphatic heterocycles. The Kier molecular flexibility index (Phi) is 5.67. The maximum Gasteiger partial charge on any atom is 0.221 e. The van der Waals surface area contributed by atoms with Crippen LogP contribution in [-0.2, 0) is 17.6 Å². The third-order valence-electron chi connectivity index (χ3n) is 5.53. The van der Waals surface area contributed by atoms with Crippen molar-refractivity contribution in [2.24, 2.45) is 5.92 Å². The lowest BCUT2D eigenvalue weighted by atomic mass is 9.88. The highest BCUT2D eigenvalue weighted by molar-refractivity contribution is 7.19. The van der Waals surface area contributed by atoms with E-state index in [0.29, 0.717) is 0 Å². The molecule has 0 saturated heterocycles. The van der Waals surface area contributed by atoms with Crippen molar-refractivity contribution in [3.8, 4) is 22.6 Å². The van der Waals surface area contributed by atoms with Gasteiger partial charge in [-0.25, -0.2) is 4.98 Å². The van der Waals surface area contributed by atoms with Crippen LogP contribution in [-0.4, -0.2) is 10.9 Å². The van der Waals surface area contributed by atoms with E-state index >= 15 is 0 Å². The van der Waals surface area contributed by atoms with Crippen molar-refractivity contribution < 1.29 is 21.6 Å². The quantitative estimate of drug-likeness (QED) is 0.535. The van der Waals surface area contributed by atoms with Crippen LogP contribution in [0, 0.1) is 5.92 Å². The highest BCUT2D eigenvalue weighted by Gasteiger charge is 2.24. The number of aromatic nitrogens is 1. The highest BCUT2D eigenvalue weighted by Crippen LogP contribution is 2.43. The van der Waals surface area contributed by atoms with Crippen LogP contribution in [0.15, 0.2) is 53.1 Å². The minimum Gasteiger partial charge on any atom is -1.00 e. The summed E-state index contributed by atoms with van der Waals surface area (Å²) in [5.41, 5.74) is 5.19. The Morgan fingerprint density at radius 3 is 2.87 bits per heavy atom. The Labute approximate surface area is 185 Å². The Morgan fingerprint density at radius 1 is 1.23 bits per heavy atom. The molecule has 1 aliphatic carbocycles. The van der Waals surface area contributed by atoms with Gasteiger partial charge in [0.1, 0.15) is 10.6 Å². The van der Waals surface area contributed by atoms with Crippen molar-refractivity contribution in [3.63, 3.8) is 0 Å². The van der Waals surface area contributed by atoms with Gasteiger partial charge in [0.25, 0.3) is 0 Å². The predicted molar refractivity (Wildman–Crippen MR) is 118 cm³/mol. The summed E-state index contributed by atoms with van der Waals surface area (Å²) in [5.74, 6) is 1.51. The molecular formula is C24H22ClN2O2S-. The number of fused-ring (bicyclic) bond motifs is 3. The Balaban J connectivity index is 0.00000218. The van der Waals surface area contributed by atoms with Crippen molar-refractivity contribution in [1.82, 2.24) is 4.98 Å². The predicted octanol–water partition coefficient (Wildman–Crippen LogP) is 3.31. The molecular weight excluding hydrogens is 416 g/mol. The van der Waals surface area contributed by atoms with Crippen molar-refractivity contribution in [2.45, 2.75) is 33.1 Å². The first-order valence-electron chi connectivity index (χ1n) is 9.95. The Morgan fingerprint density at radius 2 is 2.10 bits per heavy atom. The molecule has 0 radical (unpaired) electrons. The molecule has 3 heterocycles. The van der Waals surface area contributed by atoms with E-state index in [4.69, 9.17) is 9.40 Å². The lowest BCUT2D eigenvalue weighted by molar-refractivity contribution is -0.114. The number of amides is 1. The first-order chi connectivity index (χ1) is 14.1. The van der Waals surface area contributed by atoms with Crippen LogP contribution in [0.5, 0.6) is 0 Å². The average Bonchev–Trinajstić information content (AvgIpc) is 3.34. The van der Waals surface area contributed by atoms with Crippen molar-refractivity contribution in [2.75, 3.05) is 5.32 Å². The van der Waals surface area contributed by atoms with Gasteiger partial charge in [-0.3, -0.25) is 4.79 Å². The van der Waals surface area contributed by atoms with E-state index in [1.165, 1.54) is 29.2 Å². The van der Waals surface area contributed by atoms with E-state index in [0.717, 1.165) is 51.9 Å². The summed E-state index contributed by atoms with van der Waals surface area (Å²) < 4.78 is 5.80. The van der Waals surface area contributed by atoms with Gasteiger partial charge in [-0.2, -0.15) is 0 Å². The maximum absolute atomic E-state index is 11.4. The van der Waals surface area contributed by atoms with Crippen molar-refractivity contribution in [3.05, 3.63) is 59.2 Å². The monoisotopic (exact) mass is 437 g/mol. The molecule has 4 nitrogen and oxygen atoms in total. The third-order valence-corrected chi connectivity index (χ3v) is 6.68. The van der Waals surface area contributed by atoms with Crippen LogP contribution in [0.1, 0.15) is 30.7 Å². The molecule has 1 amide bonds. The van der Waals surface area contributed by atoms with E-state index in [1.807, 2.05) is 47.7 Å². The number of thiophene rings is 1. The van der Waals surface area contributed by atoms with Gasteiger partial charge in [-0.1, -0.05) is 19.1 Å². The average molecular weight is 438 g/mol. The lowest BCUT2D eigenvalue weighted by Gasteiger charge is -2.18. The number of pyridine rings is 1. The lowest BCUT2D eigenvalue weighted by Crippen LogP contribution is -3.00. The second kappa shape index (κ2) is 8.25. The van der Waals surface area contributed by atoms with Crippen molar-refractivity contribution >= 4 is 33.1 Å². The number of rotatable bonds is 3. The number of carbonyl (C=O) groups excluding carboxylic acids is 1. The fraction of sp³-hybridized carbons (Fsp3) is 0.250. The van der Waals surface area contributed by atoms with Gasteiger partial charge in [0.15, 0.2) is 0 Å². The molecule has 1 N–H and O–H groups in total. The zero-order valence-electron chi connectivity index (χ0n) is 16.9. The fourth-order valence-corrected chi connectivity index (χ4v) is 5.58. The summed E-state index contributed by atoms with van der Waals surface area (Å²) in [6.45, 7) is 3.84. The molecule has 5 rings (SSSR count). The number of carbonyl (C=O) groups is 1. The number of nitrogens with zero attached hydrogens (tertiary/aromatic N) is 1. The summed E-state index contributed by atoms with van der Waals surface area (Å²) in [5, 5.41) is 4.10. The summed E-state index contributed by atoms with van der Waals surface area (Å²) in [6, 6.07) is 13.9. The number of hydrogen-bond donors (Lipinski definition) is 1. The van der Waals surface area contributed by atoms with Crippen LogP contribution in [0.25, 0.3) is 32.8 Å². The van der Waals surface area contributed by atoms with Gasteiger partial charge < -0.3 is 22.1 Å². The van der Waals surface area contributed by atoms with Gasteiger partial charge in [0, 0.05) is 34.0 Å². The number of benzene rings is 1. The van der Waals surface area contributed by atoms with Gasteiger partial charge >= 0.3 is 0 Å². The van der Waals surface area contributed by atoms with E-state index in [9.17, 15) is 4.79 Å². The standard InChI is InChI=1S/C24H22N2O2S.ClH/c1-14-8-9-18-22(11-14)29-24-23(18)19(21-7-4-10-28-21)13-20(26-24)16-5-3-6-17(12-16)25-15(2)27;/h3-7,10,12-14H,8-9,11H2,1-2H3,(H,25,27);1H/p-1. The largest absolute Gasteiger partial charge is 1.00 e. The van der Waals surface area contributed by atoms with Crippen LogP contribution < -0.4 is 17.7 Å². The van der Waals surface area contributed by atoms with Crippen LogP contribution in [0.2, 0.25) is 0 Å². The molecule has 1 aromatic carbocycles. The fourth-order valence-electron chi connectivity index (χ4n) is 4.18. The van der Waals surface area contributed by atoms with E-state index in [-0.39, 0.29) is 18.3 Å². The number of halogens is 1. The van der Waals surface area contributed by atoms with Gasteiger partial charge in [0.05, 0.1) is 12.0 Å². The third kappa shape index (κ3) is 3.75. The second-order valence-electron chi connectivity index (χ2n) is 7.83. The Hall–Kier alpha value is -2.63. The smallest absolute Gasteiger partial charge is 0.221 e. The molecule has 154 valence electrons. The number of nitrogens with one attached hydrogen (secondary N) is 1. The molecule has 1 atom stereocenters. The van der Waals surface area contributed by atoms with Crippen LogP contribution in [0.4, 0.5) is 5.69 Å². The Bertz CT molecular complexity index is 1210. The van der Waals surface area contributed by atoms with Gasteiger partial charge in [0.2, 0.25) is 5.91 Å². The molecule has 0 spiro atoms. The molecule has 1 aliphatic rings. The topological polar surface area (TPSA) is 55.1 Å². The van der Waals surface area contributed by atoms with Crippen LogP contribution >= 0.6 is 11.3 Å². The molecule has 4 aromatic rings. The molecule has 30 heavy (non-hydrogen) atoms. The zero-order chi connectivity index (χ0) is 20.0. The first-order valence-corrected chi connectivity index (χ1v) is 10.8. The minimum absolute atomic E-state index is 0. The number of anilines is 1. The maximum atomic E-state index is 11.4. The SMILES string of the molecule is CC(=O)Nc1cccc(-c2cc(-c3ccco3)c3c4c(sc3n2)CC(C)CC4)c1.[Cl-]. The van der Waals surface area contributed by atoms with Gasteiger partial charge in [-0.15, -0.1) is 11.3 Å². The summed E-state index contributed by atoms with van der Waals surface area (Å²) in [6.07, 6.45) is 5.17. The zero-order valence-corrected chi connectivity index (χ0v) is 18.4. The van der Waals surface area contributed by atoms with E-state index < -0.39 is 0 Å². The molecule has 3 aromatic heterocycles. The molecule has 6 heteroatoms. The number of aryl methyl sites for hydroxylation is 1. The first kappa shape index (κ1) is 20.6. The molecule has 0 fully saturated rings. The molecule has 0 bridgehead atoms. The summed E-state index contributed by atoms with van der Waals surface area (Å²) in [4.78, 5) is 19.0. The molecule has 0 saturated carbocycles. The minimum atomic E-state index is -0.0816. The molecule has 1 unspecified atom stereocenters. The summed E-state index contributed by atoms with van der Waals surface area (Å²) >= 11 is 1.82. The van der Waals surface area contributed by atoms with Crippen LogP contribution in [0.3, 0.4) is 0 Å². The van der Waals surface area contributed by atoms with Crippen molar-refractivity contribution in [1.29, 1.82) is 0 Å². The van der Waals surface area contributed by atoms with Gasteiger partial charge in [-0.05, 0) is 61.1 Å². The summed E-state index contributed by atoms with van der Waals surface area (Å²) in [7, 11) is 0. The van der Waals surface area contributed by atoms with E-state index in [1.54, 1.807) is 6.26 Å². The highest BCUT2D eigenvalue weighted by atomic mass is 35.5. The number of furan rings is 1. The normalized spacial score (nSPS) is 15.5.